The number of rotatable bonds is 4. The minimum absolute atomic E-state index is 0.0263. The Kier molecular flexibility index (Phi) is 4.40. The first-order chi connectivity index (χ1) is 12.1. The van der Waals surface area contributed by atoms with E-state index in [1.54, 1.807) is 25.3 Å². The number of allylic oxidation sites excluding steroid dienone is 1. The Morgan fingerprint density at radius 3 is 2.72 bits per heavy atom. The summed E-state index contributed by atoms with van der Waals surface area (Å²) in [6, 6.07) is 12.4. The third-order valence-electron chi connectivity index (χ3n) is 4.02. The van der Waals surface area contributed by atoms with Gasteiger partial charge < -0.3 is 25.1 Å². The molecule has 2 aromatic carbocycles. The van der Waals surface area contributed by atoms with E-state index in [0.29, 0.717) is 29.4 Å². The molecule has 3 N–H and O–H groups in total. The van der Waals surface area contributed by atoms with Gasteiger partial charge in [-0.3, -0.25) is 0 Å². The molecule has 0 aliphatic carbocycles. The number of hydrogen-bond acceptors (Lipinski definition) is 6. The molecule has 1 heterocycles. The summed E-state index contributed by atoms with van der Waals surface area (Å²) in [5.41, 5.74) is 7.80. The summed E-state index contributed by atoms with van der Waals surface area (Å²) in [5.74, 6) is 1.30. The first kappa shape index (κ1) is 16.5. The molecule has 0 aromatic heterocycles. The molecule has 6 nitrogen and oxygen atoms in total. The maximum Gasteiger partial charge on any atom is 0.205 e. The summed E-state index contributed by atoms with van der Waals surface area (Å²) in [6.07, 6.45) is 0. The van der Waals surface area contributed by atoms with Crippen LogP contribution < -0.4 is 19.9 Å². The van der Waals surface area contributed by atoms with Gasteiger partial charge in [0, 0.05) is 11.6 Å². The van der Waals surface area contributed by atoms with E-state index >= 15 is 0 Å². The highest BCUT2D eigenvalue weighted by Gasteiger charge is 2.31. The van der Waals surface area contributed by atoms with Crippen LogP contribution in [0.1, 0.15) is 24.0 Å². The Morgan fingerprint density at radius 2 is 2.04 bits per heavy atom. The van der Waals surface area contributed by atoms with Gasteiger partial charge in [0.15, 0.2) is 11.5 Å². The lowest BCUT2D eigenvalue weighted by Gasteiger charge is -2.27. The summed E-state index contributed by atoms with van der Waals surface area (Å²) in [7, 11) is 1.56. The topological polar surface area (TPSA) is 97.7 Å². The molecule has 0 saturated heterocycles. The summed E-state index contributed by atoms with van der Waals surface area (Å²) in [5, 5.41) is 19.3. The van der Waals surface area contributed by atoms with Crippen LogP contribution in [0.15, 0.2) is 47.9 Å². The second kappa shape index (κ2) is 6.65. The van der Waals surface area contributed by atoms with E-state index in [1.165, 1.54) is 6.07 Å². The average Bonchev–Trinajstić information content (AvgIpc) is 2.61. The minimum atomic E-state index is -0.418. The van der Waals surface area contributed by atoms with Crippen molar-refractivity contribution in [2.24, 2.45) is 5.73 Å². The lowest BCUT2D eigenvalue weighted by atomic mass is 9.83. The van der Waals surface area contributed by atoms with Crippen LogP contribution in [0.3, 0.4) is 0 Å². The molecule has 0 bridgehead atoms. The van der Waals surface area contributed by atoms with Crippen LogP contribution in [-0.2, 0) is 0 Å². The van der Waals surface area contributed by atoms with Gasteiger partial charge >= 0.3 is 0 Å². The van der Waals surface area contributed by atoms with Crippen LogP contribution in [-0.4, -0.2) is 18.8 Å². The molecule has 0 spiro atoms. The number of ether oxygens (including phenoxy) is 3. The van der Waals surface area contributed by atoms with Crippen molar-refractivity contribution in [3.63, 3.8) is 0 Å². The van der Waals surface area contributed by atoms with Gasteiger partial charge in [0.25, 0.3) is 0 Å². The van der Waals surface area contributed by atoms with Crippen molar-refractivity contribution >= 4 is 0 Å². The molecule has 3 rings (SSSR count). The predicted molar refractivity (Wildman–Crippen MR) is 91.6 cm³/mol. The van der Waals surface area contributed by atoms with Gasteiger partial charge in [-0.2, -0.15) is 5.26 Å². The predicted octanol–water partition coefficient (Wildman–Crippen LogP) is 3.02. The van der Waals surface area contributed by atoms with E-state index in [2.05, 4.69) is 6.07 Å². The number of phenolic OH excluding ortho intramolecular Hbond substituents is 1. The molecule has 25 heavy (non-hydrogen) atoms. The van der Waals surface area contributed by atoms with Gasteiger partial charge in [-0.15, -0.1) is 0 Å². The molecule has 0 fully saturated rings. The van der Waals surface area contributed by atoms with Gasteiger partial charge in [0.2, 0.25) is 5.88 Å². The number of phenols is 1. The van der Waals surface area contributed by atoms with Gasteiger partial charge in [-0.05, 0) is 30.7 Å². The maximum absolute atomic E-state index is 9.69. The molecule has 0 radical (unpaired) electrons. The largest absolute Gasteiger partial charge is 0.508 e. The first-order valence-electron chi connectivity index (χ1n) is 7.80. The summed E-state index contributed by atoms with van der Waals surface area (Å²) in [6.45, 7) is 2.41. The number of methoxy groups -OCH3 is 1. The molecule has 1 aliphatic heterocycles. The fourth-order valence-corrected chi connectivity index (χ4v) is 2.93. The second-order valence-electron chi connectivity index (χ2n) is 5.49. The Labute approximate surface area is 145 Å². The quantitative estimate of drug-likeness (QED) is 0.889. The number of nitriles is 1. The number of hydrogen-bond donors (Lipinski definition) is 2. The van der Waals surface area contributed by atoms with Crippen LogP contribution in [0.25, 0.3) is 0 Å². The van der Waals surface area contributed by atoms with E-state index in [-0.39, 0.29) is 11.6 Å². The Morgan fingerprint density at radius 1 is 1.24 bits per heavy atom. The first-order valence-corrected chi connectivity index (χ1v) is 7.80. The number of benzene rings is 2. The fourth-order valence-electron chi connectivity index (χ4n) is 2.93. The highest BCUT2D eigenvalue weighted by Crippen LogP contribution is 2.44. The molecule has 1 unspecified atom stereocenters. The van der Waals surface area contributed by atoms with Crippen LogP contribution >= 0.6 is 0 Å². The molecule has 0 saturated carbocycles. The summed E-state index contributed by atoms with van der Waals surface area (Å²) < 4.78 is 16.5. The Hall–Kier alpha value is -3.33. The molecule has 2 aromatic rings. The van der Waals surface area contributed by atoms with E-state index in [0.717, 1.165) is 11.1 Å². The van der Waals surface area contributed by atoms with Gasteiger partial charge in [-0.1, -0.05) is 12.1 Å². The van der Waals surface area contributed by atoms with Crippen molar-refractivity contribution in [1.82, 2.24) is 0 Å². The van der Waals surface area contributed by atoms with Crippen molar-refractivity contribution < 1.29 is 19.3 Å². The van der Waals surface area contributed by atoms with Gasteiger partial charge in [0.05, 0.1) is 19.6 Å². The number of nitrogens with two attached hydrogens (primary N) is 1. The number of fused-ring (bicyclic) bond motifs is 1. The van der Waals surface area contributed by atoms with Crippen LogP contribution in [0, 0.1) is 11.3 Å². The molecular weight excluding hydrogens is 320 g/mol. The lowest BCUT2D eigenvalue weighted by Crippen LogP contribution is -2.21. The zero-order chi connectivity index (χ0) is 18.0. The van der Waals surface area contributed by atoms with Gasteiger partial charge in [-0.25, -0.2) is 0 Å². The van der Waals surface area contributed by atoms with Crippen LogP contribution in [0.2, 0.25) is 0 Å². The van der Waals surface area contributed by atoms with Crippen molar-refractivity contribution in [3.05, 3.63) is 59.0 Å². The monoisotopic (exact) mass is 338 g/mol. The SMILES string of the molecule is CCOc1ccc(C2C(C#N)=C(N)Oc3cc(O)ccc32)cc1OC. The standard InChI is InChI=1S/C19H18N2O4/c1-3-24-15-7-4-11(8-17(15)23-2)18-13-6-5-12(22)9-16(13)25-19(21)14(18)10-20/h4-9,18,22H,3,21H2,1-2H3. The Balaban J connectivity index is 2.16. The highest BCUT2D eigenvalue weighted by molar-refractivity contribution is 5.58. The molecule has 6 heteroatoms. The van der Waals surface area contributed by atoms with E-state index in [1.807, 2.05) is 19.1 Å². The number of nitrogens with zero attached hydrogens (tertiary/aromatic N) is 1. The summed E-state index contributed by atoms with van der Waals surface area (Å²) >= 11 is 0. The average molecular weight is 338 g/mol. The number of aromatic hydroxyl groups is 1. The van der Waals surface area contributed by atoms with Crippen LogP contribution in [0.5, 0.6) is 23.0 Å². The maximum atomic E-state index is 9.69. The molecule has 128 valence electrons. The van der Waals surface area contributed by atoms with E-state index < -0.39 is 5.92 Å². The molecular formula is C19H18N2O4. The second-order valence-corrected chi connectivity index (χ2v) is 5.49. The van der Waals surface area contributed by atoms with Crippen molar-refractivity contribution in [2.45, 2.75) is 12.8 Å². The normalized spacial score (nSPS) is 15.8. The zero-order valence-corrected chi connectivity index (χ0v) is 13.9. The third kappa shape index (κ3) is 2.92. The van der Waals surface area contributed by atoms with Crippen molar-refractivity contribution in [2.75, 3.05) is 13.7 Å². The fraction of sp³-hybridized carbons (Fsp3) is 0.211. The summed E-state index contributed by atoms with van der Waals surface area (Å²) in [4.78, 5) is 0. The molecule has 1 atom stereocenters. The minimum Gasteiger partial charge on any atom is -0.508 e. The lowest BCUT2D eigenvalue weighted by molar-refractivity contribution is 0.310. The van der Waals surface area contributed by atoms with E-state index in [4.69, 9.17) is 19.9 Å². The zero-order valence-electron chi connectivity index (χ0n) is 13.9. The third-order valence-corrected chi connectivity index (χ3v) is 4.02. The Bertz CT molecular complexity index is 883. The highest BCUT2D eigenvalue weighted by atomic mass is 16.5. The van der Waals surface area contributed by atoms with Crippen molar-refractivity contribution in [3.8, 4) is 29.1 Å². The molecule has 0 amide bonds. The molecule has 1 aliphatic rings. The van der Waals surface area contributed by atoms with Crippen molar-refractivity contribution in [1.29, 1.82) is 5.26 Å². The van der Waals surface area contributed by atoms with Crippen LogP contribution in [0.4, 0.5) is 0 Å². The van der Waals surface area contributed by atoms with E-state index in [9.17, 15) is 10.4 Å². The van der Waals surface area contributed by atoms with Gasteiger partial charge in [0.1, 0.15) is 23.1 Å². The smallest absolute Gasteiger partial charge is 0.205 e.